The van der Waals surface area contributed by atoms with Crippen LogP contribution in [0.15, 0.2) is 72.8 Å². The van der Waals surface area contributed by atoms with E-state index in [1.807, 2.05) is 48.5 Å². The molecule has 2 heterocycles. The third kappa shape index (κ3) is 2.75. The molecule has 0 atom stereocenters. The highest BCUT2D eigenvalue weighted by Crippen LogP contribution is 2.37. The number of hydrogen-bond acceptors (Lipinski definition) is 3. The van der Waals surface area contributed by atoms with Crippen LogP contribution in [0.4, 0.5) is 15.1 Å². The fraction of sp³-hybridized carbons (Fsp3) is 0. The second-order valence-electron chi connectivity index (χ2n) is 6.41. The molecule has 1 N–H and O–H groups in total. The van der Waals surface area contributed by atoms with Gasteiger partial charge >= 0.3 is 0 Å². The largest absolute Gasteiger partial charge is 0.278 e. The summed E-state index contributed by atoms with van der Waals surface area (Å²) in [7, 11) is 0. The fourth-order valence-corrected chi connectivity index (χ4v) is 4.36. The summed E-state index contributed by atoms with van der Waals surface area (Å²) in [6.45, 7) is 0. The van der Waals surface area contributed by atoms with Crippen molar-refractivity contribution in [2.45, 2.75) is 0 Å². The molecule has 5 aromatic rings. The predicted octanol–water partition coefficient (Wildman–Crippen LogP) is 5.88. The molecule has 0 radical (unpaired) electrons. The Bertz CT molecular complexity index is 1270. The van der Waals surface area contributed by atoms with Gasteiger partial charge in [-0.15, -0.1) is 11.3 Å². The molecule has 0 saturated carbocycles. The zero-order chi connectivity index (χ0) is 19.1. The lowest BCUT2D eigenvalue weighted by molar-refractivity contribution is -0.106. The van der Waals surface area contributed by atoms with Gasteiger partial charge in [-0.2, -0.15) is 5.10 Å². The summed E-state index contributed by atoms with van der Waals surface area (Å²) < 4.78 is 14.4. The van der Waals surface area contributed by atoms with Crippen LogP contribution >= 0.6 is 11.3 Å². The molecular weight excluding hydrogens is 373 g/mol. The van der Waals surface area contributed by atoms with Crippen LogP contribution in [0.5, 0.6) is 0 Å². The van der Waals surface area contributed by atoms with Crippen molar-refractivity contribution < 1.29 is 9.18 Å². The van der Waals surface area contributed by atoms with Gasteiger partial charge in [0.25, 0.3) is 0 Å². The van der Waals surface area contributed by atoms with Gasteiger partial charge in [0.05, 0.1) is 16.9 Å². The van der Waals surface area contributed by atoms with E-state index in [0.717, 1.165) is 49.3 Å². The van der Waals surface area contributed by atoms with Crippen molar-refractivity contribution in [2.75, 3.05) is 4.90 Å². The second-order valence-corrected chi connectivity index (χ2v) is 7.47. The van der Waals surface area contributed by atoms with Crippen LogP contribution in [0.3, 0.4) is 0 Å². The number of hydrogen-bond donors (Lipinski definition) is 1. The number of amides is 1. The lowest BCUT2D eigenvalue weighted by atomic mass is 10.1. The van der Waals surface area contributed by atoms with Gasteiger partial charge in [-0.25, -0.2) is 4.39 Å². The van der Waals surface area contributed by atoms with Crippen molar-refractivity contribution in [3.8, 4) is 11.3 Å². The first-order chi connectivity index (χ1) is 13.7. The van der Waals surface area contributed by atoms with Gasteiger partial charge in [-0.1, -0.05) is 18.2 Å². The Labute approximate surface area is 163 Å². The first kappa shape index (κ1) is 16.6. The van der Waals surface area contributed by atoms with Crippen LogP contribution in [-0.2, 0) is 4.79 Å². The molecule has 1 amide bonds. The number of benzene rings is 3. The van der Waals surface area contributed by atoms with Crippen molar-refractivity contribution in [1.82, 2.24) is 10.2 Å². The summed E-state index contributed by atoms with van der Waals surface area (Å²) in [6, 6.07) is 22.0. The molecule has 0 fully saturated rings. The highest BCUT2D eigenvalue weighted by atomic mass is 32.1. The smallest absolute Gasteiger partial charge is 0.219 e. The molecular formula is C22H14FN3OS. The van der Waals surface area contributed by atoms with E-state index in [2.05, 4.69) is 10.2 Å². The van der Waals surface area contributed by atoms with Crippen LogP contribution in [0.2, 0.25) is 0 Å². The summed E-state index contributed by atoms with van der Waals surface area (Å²) in [5.41, 5.74) is 3.13. The highest BCUT2D eigenvalue weighted by molar-refractivity contribution is 7.23. The number of nitrogens with one attached hydrogen (secondary N) is 1. The maximum absolute atomic E-state index is 13.3. The molecule has 0 saturated heterocycles. The summed E-state index contributed by atoms with van der Waals surface area (Å²) in [5, 5.41) is 10.2. The Hall–Kier alpha value is -3.51. The molecule has 0 aliphatic rings. The number of H-pyrrole nitrogens is 1. The quantitative estimate of drug-likeness (QED) is 0.392. The van der Waals surface area contributed by atoms with E-state index < -0.39 is 0 Å². The number of carbonyl (C=O) groups is 1. The Morgan fingerprint density at radius 3 is 2.61 bits per heavy atom. The second kappa shape index (κ2) is 6.58. The number of fused-ring (bicyclic) bond motifs is 2. The maximum atomic E-state index is 13.3. The molecule has 28 heavy (non-hydrogen) atoms. The summed E-state index contributed by atoms with van der Waals surface area (Å²) in [6.07, 6.45) is 0.823. The number of thiophene rings is 1. The molecule has 0 spiro atoms. The Balaban J connectivity index is 1.62. The summed E-state index contributed by atoms with van der Waals surface area (Å²) in [5.74, 6) is -0.291. The molecule has 136 valence electrons. The number of anilines is 2. The molecule has 0 unspecified atom stereocenters. The van der Waals surface area contributed by atoms with E-state index in [-0.39, 0.29) is 5.82 Å². The minimum atomic E-state index is -0.291. The van der Waals surface area contributed by atoms with Gasteiger partial charge in [0.1, 0.15) is 10.8 Å². The molecule has 0 bridgehead atoms. The van der Waals surface area contributed by atoms with Crippen molar-refractivity contribution in [2.24, 2.45) is 0 Å². The average molecular weight is 387 g/mol. The molecule has 0 aliphatic carbocycles. The van der Waals surface area contributed by atoms with Crippen molar-refractivity contribution >= 4 is 49.4 Å². The normalized spacial score (nSPS) is 11.2. The topological polar surface area (TPSA) is 49.0 Å². The minimum Gasteiger partial charge on any atom is -0.278 e. The first-order valence-corrected chi connectivity index (χ1v) is 9.52. The van der Waals surface area contributed by atoms with Gasteiger partial charge in [0.2, 0.25) is 6.41 Å². The maximum Gasteiger partial charge on any atom is 0.219 e. The van der Waals surface area contributed by atoms with Gasteiger partial charge in [0, 0.05) is 15.6 Å². The van der Waals surface area contributed by atoms with Gasteiger partial charge < -0.3 is 0 Å². The van der Waals surface area contributed by atoms with Crippen LogP contribution in [0.1, 0.15) is 0 Å². The predicted molar refractivity (Wildman–Crippen MR) is 112 cm³/mol. The van der Waals surface area contributed by atoms with E-state index in [1.54, 1.807) is 28.4 Å². The fourth-order valence-electron chi connectivity index (χ4n) is 3.31. The van der Waals surface area contributed by atoms with Crippen molar-refractivity contribution in [1.29, 1.82) is 0 Å². The Morgan fingerprint density at radius 2 is 1.82 bits per heavy atom. The van der Waals surface area contributed by atoms with E-state index in [1.165, 1.54) is 12.1 Å². The average Bonchev–Trinajstić information content (AvgIpc) is 3.33. The van der Waals surface area contributed by atoms with Gasteiger partial charge in [0.15, 0.2) is 0 Å². The third-order valence-corrected chi connectivity index (χ3v) is 5.81. The zero-order valence-electron chi connectivity index (χ0n) is 14.6. The van der Waals surface area contributed by atoms with Crippen LogP contribution in [0, 0.1) is 5.82 Å². The lowest BCUT2D eigenvalue weighted by Gasteiger charge is -2.15. The number of aromatic amines is 1. The first-order valence-electron chi connectivity index (χ1n) is 8.70. The lowest BCUT2D eigenvalue weighted by Crippen LogP contribution is -2.12. The molecule has 3 aromatic carbocycles. The summed E-state index contributed by atoms with van der Waals surface area (Å²) in [4.78, 5) is 13.5. The minimum absolute atomic E-state index is 0.291. The standard InChI is InChI=1S/C22H14FN3OS/c23-16-7-5-14(6-8-16)22-18-12-17(9-10-19(18)24-25-22)26(13-27)21-11-15-3-1-2-4-20(15)28-21/h1-13H,(H,24,25). The van der Waals surface area contributed by atoms with E-state index in [4.69, 9.17) is 0 Å². The van der Waals surface area contributed by atoms with Crippen LogP contribution in [-0.4, -0.2) is 16.6 Å². The SMILES string of the molecule is O=CN(c1ccc2[nH]nc(-c3ccc(F)cc3)c2c1)c1cc2ccccc2s1. The summed E-state index contributed by atoms with van der Waals surface area (Å²) >= 11 is 1.56. The van der Waals surface area contributed by atoms with Gasteiger partial charge in [-0.3, -0.25) is 14.8 Å². The monoisotopic (exact) mass is 387 g/mol. The molecule has 6 heteroatoms. The Morgan fingerprint density at radius 1 is 1.00 bits per heavy atom. The number of carbonyl (C=O) groups excluding carboxylic acids is 1. The number of rotatable bonds is 4. The van der Waals surface area contributed by atoms with E-state index in [0.29, 0.717) is 0 Å². The molecule has 4 nitrogen and oxygen atoms in total. The molecule has 5 rings (SSSR count). The van der Waals surface area contributed by atoms with Gasteiger partial charge in [-0.05, 0) is 60.0 Å². The van der Waals surface area contributed by atoms with Crippen LogP contribution in [0.25, 0.3) is 32.2 Å². The number of aromatic nitrogens is 2. The molecule has 2 aromatic heterocycles. The van der Waals surface area contributed by atoms with Crippen LogP contribution < -0.4 is 4.90 Å². The number of nitrogens with zero attached hydrogens (tertiary/aromatic N) is 2. The zero-order valence-corrected chi connectivity index (χ0v) is 15.4. The van der Waals surface area contributed by atoms with E-state index in [9.17, 15) is 9.18 Å². The Kier molecular flexibility index (Phi) is 3.91. The highest BCUT2D eigenvalue weighted by Gasteiger charge is 2.15. The third-order valence-electron chi connectivity index (χ3n) is 4.70. The number of halogens is 1. The molecule has 0 aliphatic heterocycles. The van der Waals surface area contributed by atoms with Crippen molar-refractivity contribution in [3.05, 3.63) is 78.6 Å². The van der Waals surface area contributed by atoms with Crippen molar-refractivity contribution in [3.63, 3.8) is 0 Å². The van der Waals surface area contributed by atoms with E-state index >= 15 is 0 Å².